The van der Waals surface area contributed by atoms with E-state index in [0.717, 1.165) is 17.7 Å². The number of carboxylic acids is 1. The van der Waals surface area contributed by atoms with Gasteiger partial charge in [-0.2, -0.15) is 0 Å². The number of oxime groups is 1. The molecule has 0 bridgehead atoms. The second-order valence-electron chi connectivity index (χ2n) is 7.39. The van der Waals surface area contributed by atoms with Crippen molar-refractivity contribution in [3.05, 3.63) is 47.2 Å². The van der Waals surface area contributed by atoms with Crippen molar-refractivity contribution < 1.29 is 33.9 Å². The fourth-order valence-electron chi connectivity index (χ4n) is 3.33. The van der Waals surface area contributed by atoms with Crippen molar-refractivity contribution in [2.75, 3.05) is 19.0 Å². The van der Waals surface area contributed by atoms with Gasteiger partial charge < -0.3 is 20.0 Å². The lowest BCUT2D eigenvalue weighted by Crippen LogP contribution is -2.71. The van der Waals surface area contributed by atoms with Crippen LogP contribution in [-0.4, -0.2) is 69.9 Å². The van der Waals surface area contributed by atoms with Crippen LogP contribution >= 0.6 is 11.8 Å². The number of benzene rings is 1. The largest absolute Gasteiger partial charge is 0.477 e. The molecule has 2 heterocycles. The highest BCUT2D eigenvalue weighted by molar-refractivity contribution is 8.00. The Labute approximate surface area is 195 Å². The zero-order chi connectivity index (χ0) is 24.0. The summed E-state index contributed by atoms with van der Waals surface area (Å²) in [6.45, 7) is 3.37. The van der Waals surface area contributed by atoms with E-state index in [1.807, 2.05) is 6.92 Å². The number of nitrogens with zero attached hydrogens (tertiary/aromatic N) is 2. The van der Waals surface area contributed by atoms with Gasteiger partial charge in [0.05, 0.1) is 0 Å². The van der Waals surface area contributed by atoms with E-state index < -0.39 is 35.2 Å². The Morgan fingerprint density at radius 1 is 1.27 bits per heavy atom. The molecule has 0 radical (unpaired) electrons. The molecule has 0 saturated carbocycles. The number of β-lactam (4-membered cyclic amide) rings is 1. The number of aliphatic carboxylic acids is 1. The molecule has 2 amide bonds. The van der Waals surface area contributed by atoms with E-state index >= 15 is 0 Å². The van der Waals surface area contributed by atoms with Gasteiger partial charge in [-0.1, -0.05) is 48.8 Å². The minimum atomic E-state index is -1.29. The van der Waals surface area contributed by atoms with Gasteiger partial charge in [-0.3, -0.25) is 19.3 Å². The molecular weight excluding hydrogens is 450 g/mol. The smallest absolute Gasteiger partial charge is 0.352 e. The lowest BCUT2D eigenvalue weighted by atomic mass is 10.0. The Morgan fingerprint density at radius 2 is 2.00 bits per heavy atom. The lowest BCUT2D eigenvalue weighted by Gasteiger charge is -2.49. The van der Waals surface area contributed by atoms with E-state index in [1.54, 1.807) is 30.3 Å². The summed E-state index contributed by atoms with van der Waals surface area (Å²) in [4.78, 5) is 55.1. The number of carboxylic acid groups (broad SMARTS) is 1. The summed E-state index contributed by atoms with van der Waals surface area (Å²) in [7, 11) is 0. The molecule has 1 aromatic rings. The van der Waals surface area contributed by atoms with Gasteiger partial charge >= 0.3 is 11.9 Å². The Hall–Kier alpha value is -3.34. The van der Waals surface area contributed by atoms with Crippen LogP contribution in [0.1, 0.15) is 32.3 Å². The van der Waals surface area contributed by atoms with Crippen molar-refractivity contribution >= 4 is 41.2 Å². The van der Waals surface area contributed by atoms with E-state index in [9.17, 15) is 24.3 Å². The van der Waals surface area contributed by atoms with E-state index in [4.69, 9.17) is 9.57 Å². The fourth-order valence-corrected chi connectivity index (χ4v) is 4.66. The molecule has 176 valence electrons. The molecule has 2 N–H and O–H groups in total. The van der Waals surface area contributed by atoms with Gasteiger partial charge in [0, 0.05) is 23.8 Å². The molecule has 2 atom stereocenters. The maximum atomic E-state index is 13.0. The third kappa shape index (κ3) is 5.54. The quantitative estimate of drug-likeness (QED) is 0.171. The first-order valence-electron chi connectivity index (χ1n) is 10.4. The lowest BCUT2D eigenvalue weighted by molar-refractivity contribution is -0.150. The van der Waals surface area contributed by atoms with Crippen molar-refractivity contribution in [2.45, 2.75) is 38.1 Å². The number of carbonyl (C=O) groups excluding carboxylic acids is 3. The molecule has 0 aliphatic carbocycles. The molecular formula is C22H25N3O7S. The summed E-state index contributed by atoms with van der Waals surface area (Å²) in [5.41, 5.74) is 0.674. The van der Waals surface area contributed by atoms with Crippen molar-refractivity contribution in [1.82, 2.24) is 10.2 Å². The van der Waals surface area contributed by atoms with Gasteiger partial charge in [0.2, 0.25) is 0 Å². The molecule has 1 aromatic carbocycles. The number of fused-ring (bicyclic) bond motifs is 1. The van der Waals surface area contributed by atoms with Gasteiger partial charge in [-0.15, -0.1) is 11.8 Å². The van der Waals surface area contributed by atoms with E-state index in [2.05, 4.69) is 10.5 Å². The molecule has 11 heteroatoms. The molecule has 33 heavy (non-hydrogen) atoms. The Balaban J connectivity index is 1.76. The average Bonchev–Trinajstić information content (AvgIpc) is 2.80. The predicted octanol–water partition coefficient (Wildman–Crippen LogP) is 1.51. The Kier molecular flexibility index (Phi) is 8.10. The number of amides is 2. The highest BCUT2D eigenvalue weighted by Gasteiger charge is 2.54. The first-order chi connectivity index (χ1) is 15.8. The number of rotatable bonds is 10. The van der Waals surface area contributed by atoms with Crippen LogP contribution in [0.2, 0.25) is 0 Å². The van der Waals surface area contributed by atoms with E-state index in [0.29, 0.717) is 17.7 Å². The minimum Gasteiger partial charge on any atom is -0.477 e. The highest BCUT2D eigenvalue weighted by Crippen LogP contribution is 2.40. The summed E-state index contributed by atoms with van der Waals surface area (Å²) in [6, 6.07) is 7.81. The SMILES string of the molecule is CCCCON=C(C(=O)N[C@@H]1C(=O)N2C(C(=O)O)=C(COC(C)=O)CS[C@H]12)c1ccccc1. The van der Waals surface area contributed by atoms with E-state index in [1.165, 1.54) is 18.7 Å². The van der Waals surface area contributed by atoms with Crippen LogP contribution < -0.4 is 5.32 Å². The monoisotopic (exact) mass is 475 g/mol. The van der Waals surface area contributed by atoms with Crippen LogP contribution in [0.15, 0.2) is 46.8 Å². The van der Waals surface area contributed by atoms with Crippen molar-refractivity contribution in [2.24, 2.45) is 5.16 Å². The molecule has 2 aliphatic rings. The Morgan fingerprint density at radius 3 is 2.64 bits per heavy atom. The van der Waals surface area contributed by atoms with Crippen LogP contribution in [0.5, 0.6) is 0 Å². The zero-order valence-electron chi connectivity index (χ0n) is 18.3. The number of nitrogens with one attached hydrogen (secondary N) is 1. The minimum absolute atomic E-state index is 0.0308. The number of hydrogen-bond donors (Lipinski definition) is 2. The molecule has 0 spiro atoms. The van der Waals surface area contributed by atoms with Crippen molar-refractivity contribution in [3.63, 3.8) is 0 Å². The molecule has 2 aliphatic heterocycles. The standard InChI is InChI=1S/C22H25N3O7S/c1-3-4-10-32-24-16(14-8-6-5-7-9-14)19(27)23-17-20(28)25-18(22(29)30)15(11-31-13(2)26)12-33-21(17)25/h5-9,17,21H,3-4,10-12H2,1-2H3,(H,23,27)(H,29,30)/t17-,21-/m1/s1. The van der Waals surface area contributed by atoms with E-state index in [-0.39, 0.29) is 23.8 Å². The summed E-state index contributed by atoms with van der Waals surface area (Å²) in [5, 5.41) is 15.7. The maximum absolute atomic E-state index is 13.0. The Bertz CT molecular complexity index is 993. The third-order valence-electron chi connectivity index (χ3n) is 4.99. The van der Waals surface area contributed by atoms with Crippen LogP contribution in [-0.2, 0) is 28.8 Å². The van der Waals surface area contributed by atoms with Crippen LogP contribution in [0.3, 0.4) is 0 Å². The normalized spacial score (nSPS) is 20.0. The van der Waals surface area contributed by atoms with Crippen molar-refractivity contribution in [1.29, 1.82) is 0 Å². The average molecular weight is 476 g/mol. The summed E-state index contributed by atoms with van der Waals surface area (Å²) in [5.74, 6) is -2.75. The van der Waals surface area contributed by atoms with Gasteiger partial charge in [0.1, 0.15) is 30.3 Å². The second kappa shape index (κ2) is 11.0. The number of carbonyl (C=O) groups is 4. The second-order valence-corrected chi connectivity index (χ2v) is 8.50. The predicted molar refractivity (Wildman–Crippen MR) is 120 cm³/mol. The number of esters is 1. The fraction of sp³-hybridized carbons (Fsp3) is 0.409. The summed E-state index contributed by atoms with van der Waals surface area (Å²) in [6.07, 6.45) is 1.69. The number of thioether (sulfide) groups is 1. The molecule has 10 nitrogen and oxygen atoms in total. The van der Waals surface area contributed by atoms with Gasteiger partial charge in [0.25, 0.3) is 11.8 Å². The highest BCUT2D eigenvalue weighted by atomic mass is 32.2. The third-order valence-corrected chi connectivity index (χ3v) is 6.33. The molecule has 1 saturated heterocycles. The molecule has 3 rings (SSSR count). The molecule has 0 unspecified atom stereocenters. The van der Waals surface area contributed by atoms with Gasteiger partial charge in [-0.05, 0) is 6.42 Å². The first-order valence-corrected chi connectivity index (χ1v) is 11.5. The number of hydrogen-bond acceptors (Lipinski definition) is 8. The number of ether oxygens (including phenoxy) is 1. The topological polar surface area (TPSA) is 135 Å². The number of unbranched alkanes of at least 4 members (excludes halogenated alkanes) is 1. The van der Waals surface area contributed by atoms with Crippen molar-refractivity contribution in [3.8, 4) is 0 Å². The first kappa shape index (κ1) is 24.3. The zero-order valence-corrected chi connectivity index (χ0v) is 19.1. The van der Waals surface area contributed by atoms with Crippen LogP contribution in [0.4, 0.5) is 0 Å². The van der Waals surface area contributed by atoms with Crippen LogP contribution in [0, 0.1) is 0 Å². The molecule has 0 aromatic heterocycles. The van der Waals surface area contributed by atoms with Gasteiger partial charge in [0.15, 0.2) is 5.71 Å². The summed E-state index contributed by atoms with van der Waals surface area (Å²) < 4.78 is 4.92. The van der Waals surface area contributed by atoms with Crippen LogP contribution in [0.25, 0.3) is 0 Å². The van der Waals surface area contributed by atoms with Gasteiger partial charge in [-0.25, -0.2) is 4.79 Å². The molecule has 1 fully saturated rings. The summed E-state index contributed by atoms with van der Waals surface area (Å²) >= 11 is 1.29. The maximum Gasteiger partial charge on any atom is 0.352 e.